The Balaban J connectivity index is 2.04. The monoisotopic (exact) mass is 346 g/mol. The van der Waals surface area contributed by atoms with Crippen molar-refractivity contribution < 1.29 is 14.4 Å². The highest BCUT2D eigenvalue weighted by atomic mass is 16.2. The molecular weight excluding hydrogens is 320 g/mol. The fraction of sp³-hybridized carbons (Fsp3) is 0.556. The van der Waals surface area contributed by atoms with Crippen LogP contribution in [0.25, 0.3) is 0 Å². The van der Waals surface area contributed by atoms with Crippen molar-refractivity contribution in [1.82, 2.24) is 19.7 Å². The van der Waals surface area contributed by atoms with Gasteiger partial charge in [0, 0.05) is 59.1 Å². The first-order valence-electron chi connectivity index (χ1n) is 8.69. The number of hydrogen-bond donors (Lipinski definition) is 0. The number of aromatic nitrogens is 1. The lowest BCUT2D eigenvalue weighted by Gasteiger charge is -2.34. The molecule has 0 unspecified atom stereocenters. The number of amides is 3. The minimum Gasteiger partial charge on any atom is -0.342 e. The first-order chi connectivity index (χ1) is 11.9. The van der Waals surface area contributed by atoms with Gasteiger partial charge in [-0.25, -0.2) is 0 Å². The summed E-state index contributed by atoms with van der Waals surface area (Å²) in [6.07, 6.45) is 4.94. The molecule has 0 aromatic carbocycles. The fourth-order valence-electron chi connectivity index (χ4n) is 2.80. The Labute approximate surface area is 148 Å². The zero-order valence-electron chi connectivity index (χ0n) is 15.2. The van der Waals surface area contributed by atoms with Crippen molar-refractivity contribution in [3.8, 4) is 0 Å². The molecule has 2 heterocycles. The molecule has 0 aliphatic carbocycles. The third kappa shape index (κ3) is 4.78. The Bertz CT molecular complexity index is 639. The van der Waals surface area contributed by atoms with Crippen LogP contribution < -0.4 is 0 Å². The van der Waals surface area contributed by atoms with Gasteiger partial charge in [-0.15, -0.1) is 0 Å². The van der Waals surface area contributed by atoms with E-state index >= 15 is 0 Å². The summed E-state index contributed by atoms with van der Waals surface area (Å²) in [6.45, 7) is 6.34. The molecule has 1 aromatic heterocycles. The molecule has 25 heavy (non-hydrogen) atoms. The maximum absolute atomic E-state index is 12.7. The molecule has 0 N–H and O–H groups in total. The maximum atomic E-state index is 12.7. The summed E-state index contributed by atoms with van der Waals surface area (Å²) in [6, 6.07) is 1.61. The number of piperazine rings is 1. The summed E-state index contributed by atoms with van der Waals surface area (Å²) in [7, 11) is 1.76. The predicted octanol–water partition coefficient (Wildman–Crippen LogP) is 1.26. The average Bonchev–Trinajstić information content (AvgIpc) is 2.65. The van der Waals surface area contributed by atoms with E-state index in [1.807, 2.05) is 0 Å². The van der Waals surface area contributed by atoms with Crippen LogP contribution >= 0.6 is 0 Å². The van der Waals surface area contributed by atoms with Crippen LogP contribution in [0.4, 0.5) is 0 Å². The summed E-state index contributed by atoms with van der Waals surface area (Å²) in [5, 5.41) is 0. The molecule has 0 radical (unpaired) electrons. The van der Waals surface area contributed by atoms with E-state index in [2.05, 4.69) is 11.9 Å². The van der Waals surface area contributed by atoms with Crippen LogP contribution in [0.5, 0.6) is 0 Å². The van der Waals surface area contributed by atoms with E-state index in [1.165, 1.54) is 19.3 Å². The van der Waals surface area contributed by atoms with Gasteiger partial charge in [0.2, 0.25) is 5.91 Å². The van der Waals surface area contributed by atoms with Crippen molar-refractivity contribution in [2.45, 2.75) is 26.7 Å². The second-order valence-corrected chi connectivity index (χ2v) is 6.34. The molecule has 0 bridgehead atoms. The van der Waals surface area contributed by atoms with Gasteiger partial charge in [0.15, 0.2) is 0 Å². The van der Waals surface area contributed by atoms with Crippen molar-refractivity contribution in [3.63, 3.8) is 0 Å². The van der Waals surface area contributed by atoms with Gasteiger partial charge in [0.1, 0.15) is 0 Å². The Hall–Kier alpha value is -2.44. The molecule has 1 saturated heterocycles. The Morgan fingerprint density at radius 2 is 1.68 bits per heavy atom. The highest BCUT2D eigenvalue weighted by Crippen LogP contribution is 2.11. The third-order valence-corrected chi connectivity index (χ3v) is 4.44. The quantitative estimate of drug-likeness (QED) is 0.804. The molecule has 0 spiro atoms. The number of nitrogens with zero attached hydrogens (tertiary/aromatic N) is 4. The molecule has 1 aliphatic heterocycles. The zero-order valence-corrected chi connectivity index (χ0v) is 15.2. The van der Waals surface area contributed by atoms with Crippen molar-refractivity contribution in [3.05, 3.63) is 29.6 Å². The Kier molecular flexibility index (Phi) is 6.50. The molecule has 136 valence electrons. The number of carbonyl (C=O) groups is 3. The van der Waals surface area contributed by atoms with Crippen LogP contribution in [0.2, 0.25) is 0 Å². The van der Waals surface area contributed by atoms with Crippen LogP contribution in [0.15, 0.2) is 18.5 Å². The SMILES string of the molecule is CCCCN(C)C(=O)c1cncc(C(=O)N2CCN(C(C)=O)CC2)c1. The number of hydrogen-bond acceptors (Lipinski definition) is 4. The molecule has 1 aromatic rings. The molecule has 2 rings (SSSR count). The Morgan fingerprint density at radius 1 is 1.08 bits per heavy atom. The summed E-state index contributed by atoms with van der Waals surface area (Å²) in [4.78, 5) is 45.6. The van der Waals surface area contributed by atoms with E-state index in [-0.39, 0.29) is 17.7 Å². The highest BCUT2D eigenvalue weighted by Gasteiger charge is 2.24. The minimum absolute atomic E-state index is 0.0245. The zero-order chi connectivity index (χ0) is 18.4. The van der Waals surface area contributed by atoms with Gasteiger partial charge < -0.3 is 14.7 Å². The van der Waals surface area contributed by atoms with Crippen LogP contribution in [-0.4, -0.2) is 77.2 Å². The summed E-state index contributed by atoms with van der Waals surface area (Å²) in [5.41, 5.74) is 0.831. The number of rotatable bonds is 5. The lowest BCUT2D eigenvalue weighted by molar-refractivity contribution is -0.130. The molecule has 0 saturated carbocycles. The van der Waals surface area contributed by atoms with E-state index in [1.54, 1.807) is 27.8 Å². The molecule has 7 nitrogen and oxygen atoms in total. The highest BCUT2D eigenvalue weighted by molar-refractivity contribution is 5.99. The summed E-state index contributed by atoms with van der Waals surface area (Å²) >= 11 is 0. The van der Waals surface area contributed by atoms with E-state index in [4.69, 9.17) is 0 Å². The van der Waals surface area contributed by atoms with Crippen molar-refractivity contribution in [2.24, 2.45) is 0 Å². The standard InChI is InChI=1S/C18H26N4O3/c1-4-5-6-20(3)17(24)15-11-16(13-19-12-15)18(25)22-9-7-21(8-10-22)14(2)23/h11-13H,4-10H2,1-3H3. The van der Waals surface area contributed by atoms with E-state index in [9.17, 15) is 14.4 Å². The van der Waals surface area contributed by atoms with Crippen LogP contribution in [0.1, 0.15) is 47.4 Å². The first-order valence-corrected chi connectivity index (χ1v) is 8.69. The molecular formula is C18H26N4O3. The first kappa shape index (κ1) is 18.9. The van der Waals surface area contributed by atoms with Gasteiger partial charge in [0.25, 0.3) is 11.8 Å². The number of pyridine rings is 1. The van der Waals surface area contributed by atoms with Gasteiger partial charge in [-0.05, 0) is 12.5 Å². The number of carbonyl (C=O) groups excluding carboxylic acids is 3. The maximum Gasteiger partial charge on any atom is 0.255 e. The average molecular weight is 346 g/mol. The minimum atomic E-state index is -0.151. The second-order valence-electron chi connectivity index (χ2n) is 6.34. The lowest BCUT2D eigenvalue weighted by Crippen LogP contribution is -2.50. The van der Waals surface area contributed by atoms with Crippen molar-refractivity contribution in [1.29, 1.82) is 0 Å². The normalized spacial score (nSPS) is 14.4. The molecule has 3 amide bonds. The van der Waals surface area contributed by atoms with E-state index in [0.29, 0.717) is 43.9 Å². The van der Waals surface area contributed by atoms with Crippen molar-refractivity contribution >= 4 is 17.7 Å². The van der Waals surface area contributed by atoms with Gasteiger partial charge in [-0.3, -0.25) is 19.4 Å². The van der Waals surface area contributed by atoms with E-state index in [0.717, 1.165) is 12.8 Å². The van der Waals surface area contributed by atoms with Crippen molar-refractivity contribution in [2.75, 3.05) is 39.8 Å². The van der Waals surface area contributed by atoms with Crippen LogP contribution in [0, 0.1) is 0 Å². The fourth-order valence-corrected chi connectivity index (χ4v) is 2.80. The van der Waals surface area contributed by atoms with Crippen LogP contribution in [-0.2, 0) is 4.79 Å². The number of unbranched alkanes of at least 4 members (excludes halogenated alkanes) is 1. The topological polar surface area (TPSA) is 73.8 Å². The summed E-state index contributed by atoms with van der Waals surface area (Å²) in [5.74, 6) is -0.255. The molecule has 1 aliphatic rings. The van der Waals surface area contributed by atoms with Gasteiger partial charge >= 0.3 is 0 Å². The molecule has 1 fully saturated rings. The molecule has 0 atom stereocenters. The second kappa shape index (κ2) is 8.60. The van der Waals surface area contributed by atoms with E-state index < -0.39 is 0 Å². The molecule has 7 heteroatoms. The van der Waals surface area contributed by atoms with Crippen LogP contribution in [0.3, 0.4) is 0 Å². The van der Waals surface area contributed by atoms with Gasteiger partial charge in [-0.1, -0.05) is 13.3 Å². The third-order valence-electron chi connectivity index (χ3n) is 4.44. The Morgan fingerprint density at radius 3 is 2.28 bits per heavy atom. The largest absolute Gasteiger partial charge is 0.342 e. The smallest absolute Gasteiger partial charge is 0.255 e. The van der Waals surface area contributed by atoms with Gasteiger partial charge in [-0.2, -0.15) is 0 Å². The summed E-state index contributed by atoms with van der Waals surface area (Å²) < 4.78 is 0. The lowest BCUT2D eigenvalue weighted by atomic mass is 10.1. The van der Waals surface area contributed by atoms with Gasteiger partial charge in [0.05, 0.1) is 11.1 Å². The predicted molar refractivity (Wildman–Crippen MR) is 94.3 cm³/mol.